The molecule has 0 spiro atoms. The first-order valence-corrected chi connectivity index (χ1v) is 27.0. The number of unbranched alkanes of at least 4 members (excludes halogenated alkanes) is 3. The van der Waals surface area contributed by atoms with Crippen molar-refractivity contribution in [2.75, 3.05) is 19.8 Å². The van der Waals surface area contributed by atoms with Gasteiger partial charge in [0.1, 0.15) is 6.61 Å². The summed E-state index contributed by atoms with van der Waals surface area (Å²) in [5.41, 5.74) is 0. The summed E-state index contributed by atoms with van der Waals surface area (Å²) < 4.78 is 17.3. The Kier molecular flexibility index (Phi) is 53.7. The average molecular weight is 957 g/mol. The van der Waals surface area contributed by atoms with Crippen LogP contribution < -0.4 is 0 Å². The monoisotopic (exact) mass is 957 g/mol. The Labute approximate surface area is 429 Å². The van der Waals surface area contributed by atoms with Gasteiger partial charge >= 0.3 is 11.9 Å². The molecule has 0 heterocycles. The Bertz CT molecular complexity index is 1700. The quantitative estimate of drug-likeness (QED) is 0.0346. The molecule has 386 valence electrons. The van der Waals surface area contributed by atoms with Crippen LogP contribution in [0, 0.1) is 0 Å². The molecular weight excluding hydrogens is 861 g/mol. The van der Waals surface area contributed by atoms with Gasteiger partial charge in [0.15, 0.2) is 6.10 Å². The number of ether oxygens (including phenoxy) is 3. The Morgan fingerprint density at radius 1 is 0.314 bits per heavy atom. The zero-order valence-electron chi connectivity index (χ0n) is 44.2. The highest BCUT2D eigenvalue weighted by Gasteiger charge is 2.17. The van der Waals surface area contributed by atoms with E-state index in [9.17, 15) is 9.59 Å². The molecule has 1 unspecified atom stereocenters. The molecule has 0 aliphatic carbocycles. The van der Waals surface area contributed by atoms with Crippen LogP contribution in [0.15, 0.2) is 194 Å². The van der Waals surface area contributed by atoms with Crippen LogP contribution in [-0.4, -0.2) is 37.9 Å². The normalized spacial score (nSPS) is 13.8. The number of allylic oxidation sites excluding steroid dienone is 32. The molecule has 0 aromatic rings. The number of carbonyl (C=O) groups excluding carboxylic acids is 2. The molecule has 0 amide bonds. The minimum absolute atomic E-state index is 0.0108. The number of hydrogen-bond acceptors (Lipinski definition) is 5. The van der Waals surface area contributed by atoms with E-state index in [0.29, 0.717) is 25.9 Å². The van der Waals surface area contributed by atoms with Gasteiger partial charge < -0.3 is 14.2 Å². The molecule has 0 saturated carbocycles. The van der Waals surface area contributed by atoms with Gasteiger partial charge in [-0.05, 0) is 141 Å². The zero-order chi connectivity index (χ0) is 50.6. The summed E-state index contributed by atoms with van der Waals surface area (Å²) in [6, 6.07) is 0. The third-order valence-electron chi connectivity index (χ3n) is 10.1. The van der Waals surface area contributed by atoms with Crippen molar-refractivity contribution in [1.29, 1.82) is 0 Å². The minimum atomic E-state index is -0.637. The van der Waals surface area contributed by atoms with E-state index in [-0.39, 0.29) is 31.6 Å². The molecule has 0 bridgehead atoms. The van der Waals surface area contributed by atoms with Gasteiger partial charge in [-0.2, -0.15) is 0 Å². The van der Waals surface area contributed by atoms with Crippen LogP contribution in [0.5, 0.6) is 0 Å². The van der Waals surface area contributed by atoms with Crippen LogP contribution in [0.2, 0.25) is 0 Å². The van der Waals surface area contributed by atoms with E-state index < -0.39 is 6.10 Å². The minimum Gasteiger partial charge on any atom is -0.462 e. The first-order chi connectivity index (χ1) is 34.6. The van der Waals surface area contributed by atoms with E-state index in [0.717, 1.165) is 128 Å². The van der Waals surface area contributed by atoms with Crippen LogP contribution in [-0.2, 0) is 23.8 Å². The van der Waals surface area contributed by atoms with Crippen molar-refractivity contribution in [3.63, 3.8) is 0 Å². The van der Waals surface area contributed by atoms with Crippen molar-refractivity contribution >= 4 is 11.9 Å². The molecule has 1 atom stereocenters. The molecule has 0 aromatic heterocycles. The van der Waals surface area contributed by atoms with Gasteiger partial charge in [-0.3, -0.25) is 9.59 Å². The second-order valence-corrected chi connectivity index (χ2v) is 16.6. The van der Waals surface area contributed by atoms with E-state index in [4.69, 9.17) is 14.2 Å². The maximum absolute atomic E-state index is 12.8. The van der Waals surface area contributed by atoms with Gasteiger partial charge in [0, 0.05) is 19.4 Å². The molecule has 0 aliphatic heterocycles. The van der Waals surface area contributed by atoms with Crippen LogP contribution in [0.3, 0.4) is 0 Å². The summed E-state index contributed by atoms with van der Waals surface area (Å²) in [7, 11) is 0. The third-order valence-corrected chi connectivity index (χ3v) is 10.1. The molecule has 0 rings (SSSR count). The Morgan fingerprint density at radius 2 is 0.614 bits per heavy atom. The van der Waals surface area contributed by atoms with Gasteiger partial charge in [-0.1, -0.05) is 215 Å². The number of esters is 2. The maximum Gasteiger partial charge on any atom is 0.306 e. The number of rotatable bonds is 46. The molecule has 0 radical (unpaired) electrons. The smallest absolute Gasteiger partial charge is 0.306 e. The Balaban J connectivity index is 4.62. The summed E-state index contributed by atoms with van der Waals surface area (Å²) in [5.74, 6) is -0.607. The van der Waals surface area contributed by atoms with Crippen LogP contribution in [0.1, 0.15) is 175 Å². The lowest BCUT2D eigenvalue weighted by Crippen LogP contribution is -2.30. The molecule has 70 heavy (non-hydrogen) atoms. The van der Waals surface area contributed by atoms with E-state index >= 15 is 0 Å². The molecule has 0 N–H and O–H groups in total. The van der Waals surface area contributed by atoms with Gasteiger partial charge in [0.05, 0.1) is 6.61 Å². The first-order valence-electron chi connectivity index (χ1n) is 27.0. The van der Waals surface area contributed by atoms with Gasteiger partial charge in [-0.15, -0.1) is 0 Å². The maximum atomic E-state index is 12.8. The van der Waals surface area contributed by atoms with E-state index in [1.807, 2.05) is 6.08 Å². The Morgan fingerprint density at radius 3 is 0.957 bits per heavy atom. The van der Waals surface area contributed by atoms with Crippen molar-refractivity contribution in [2.24, 2.45) is 0 Å². The second kappa shape index (κ2) is 58.1. The van der Waals surface area contributed by atoms with Crippen molar-refractivity contribution in [1.82, 2.24) is 0 Å². The van der Waals surface area contributed by atoms with Crippen molar-refractivity contribution < 1.29 is 23.8 Å². The second-order valence-electron chi connectivity index (χ2n) is 16.6. The fourth-order valence-corrected chi connectivity index (χ4v) is 6.24. The summed E-state index contributed by atoms with van der Waals surface area (Å²) in [6.07, 6.45) is 90.4. The van der Waals surface area contributed by atoms with Crippen LogP contribution >= 0.6 is 0 Å². The molecule has 0 aliphatic rings. The lowest BCUT2D eigenvalue weighted by molar-refractivity contribution is -0.162. The van der Waals surface area contributed by atoms with E-state index in [1.54, 1.807) is 0 Å². The largest absolute Gasteiger partial charge is 0.462 e. The van der Waals surface area contributed by atoms with Crippen LogP contribution in [0.25, 0.3) is 0 Å². The lowest BCUT2D eigenvalue weighted by atomic mass is 10.2. The topological polar surface area (TPSA) is 61.8 Å². The summed E-state index contributed by atoms with van der Waals surface area (Å²) in [6.45, 7) is 7.20. The predicted molar refractivity (Wildman–Crippen MR) is 306 cm³/mol. The molecule has 0 saturated heterocycles. The number of carbonyl (C=O) groups is 2. The fraction of sp³-hybridized carbons (Fsp3) is 0.477. The molecule has 5 heteroatoms. The highest BCUT2D eigenvalue weighted by atomic mass is 16.6. The van der Waals surface area contributed by atoms with Crippen LogP contribution in [0.4, 0.5) is 0 Å². The highest BCUT2D eigenvalue weighted by molar-refractivity contribution is 5.70. The van der Waals surface area contributed by atoms with E-state index in [2.05, 4.69) is 209 Å². The van der Waals surface area contributed by atoms with Gasteiger partial charge in [-0.25, -0.2) is 0 Å². The van der Waals surface area contributed by atoms with Gasteiger partial charge in [0.2, 0.25) is 0 Å². The van der Waals surface area contributed by atoms with Crippen molar-refractivity contribution in [3.05, 3.63) is 194 Å². The standard InChI is InChI=1S/C65H96O5/c1-4-7-10-13-16-19-22-25-28-31-33-35-37-40-43-46-49-52-55-58-64(66)69-62-63(61-68-60-57-54-51-48-45-42-39-36-32-29-26-23-20-17-14-11-8-5-2)70-65(67)59-56-53-50-47-44-41-38-34-30-27-24-21-18-15-12-9-6-3/h7-12,16-21,25-30,33,35-36,38-41,43,45,47-50,52,63H,4-6,13-15,22-24,31-32,34,37,42,44,46,51,53-62H2,1-3H3/b10-7-,11-8-,12-9-,19-16-,20-17-,21-18-,28-25-,29-26-,30-27-,35-33-,39-36-,41-38-,43-40-,48-45-,50-47-,52-49-. The predicted octanol–water partition coefficient (Wildman–Crippen LogP) is 18.8. The Hall–Kier alpha value is -5.26. The highest BCUT2D eigenvalue weighted by Crippen LogP contribution is 2.08. The molecular formula is C65H96O5. The van der Waals surface area contributed by atoms with E-state index in [1.165, 1.54) is 0 Å². The number of hydrogen-bond donors (Lipinski definition) is 0. The summed E-state index contributed by atoms with van der Waals surface area (Å²) in [5, 5.41) is 0. The molecule has 0 fully saturated rings. The van der Waals surface area contributed by atoms with Crippen molar-refractivity contribution in [2.45, 2.75) is 181 Å². The molecule has 5 nitrogen and oxygen atoms in total. The van der Waals surface area contributed by atoms with Crippen molar-refractivity contribution in [3.8, 4) is 0 Å². The first kappa shape index (κ1) is 64.7. The average Bonchev–Trinajstić information content (AvgIpc) is 3.36. The molecule has 0 aromatic carbocycles. The SMILES string of the molecule is CC/C=C\C/C=C\C/C=C\C/C=C\C/C=C\C/C=C\CCC(=O)OCC(COCCCC/C=C\C/C=C\C/C=C\C/C=C\C/C=C\CC)OC(=O)CCC/C=C\C/C=C\C/C=C\C/C=C\C/C=C\CC. The fourth-order valence-electron chi connectivity index (χ4n) is 6.24. The summed E-state index contributed by atoms with van der Waals surface area (Å²) in [4.78, 5) is 25.4. The zero-order valence-corrected chi connectivity index (χ0v) is 44.2. The third kappa shape index (κ3) is 55.3. The lowest BCUT2D eigenvalue weighted by Gasteiger charge is -2.18. The summed E-state index contributed by atoms with van der Waals surface area (Å²) >= 11 is 0. The van der Waals surface area contributed by atoms with Gasteiger partial charge in [0.25, 0.3) is 0 Å².